The van der Waals surface area contributed by atoms with Crippen LogP contribution in [0.2, 0.25) is 0 Å². The third kappa shape index (κ3) is 3.77. The maximum absolute atomic E-state index is 12.9. The molecule has 4 rings (SSSR count). The molecule has 28 heavy (non-hydrogen) atoms. The van der Waals surface area contributed by atoms with Gasteiger partial charge in [-0.25, -0.2) is 9.48 Å². The minimum atomic E-state index is -0.978. The maximum atomic E-state index is 12.9. The van der Waals surface area contributed by atoms with Crippen molar-refractivity contribution in [2.24, 2.45) is 0 Å². The Kier molecular flexibility index (Phi) is 5.12. The van der Waals surface area contributed by atoms with Gasteiger partial charge in [0.25, 0.3) is 5.56 Å². The molecule has 0 saturated carbocycles. The molecular formula is C22H23N3O3. The number of nitrogens with one attached hydrogen (secondary N) is 2. The second-order valence-electron chi connectivity index (χ2n) is 7.19. The normalized spacial score (nSPS) is 15.9. The number of carbonyl (C=O) groups is 1. The zero-order chi connectivity index (χ0) is 19.5. The number of rotatable bonds is 6. The molecule has 0 aliphatic heterocycles. The number of fused-ring (bicyclic) bond motifs is 1. The molecule has 0 radical (unpaired) electrons. The summed E-state index contributed by atoms with van der Waals surface area (Å²) < 4.78 is 1.52. The fourth-order valence-electron chi connectivity index (χ4n) is 3.78. The Balaban J connectivity index is 1.44. The van der Waals surface area contributed by atoms with E-state index in [1.165, 1.54) is 22.4 Å². The molecule has 1 atom stereocenters. The number of aromatic carboxylic acids is 1. The SMILES string of the molecule is O=C(O)c1ccc(-n2[nH]c3c(c2=O)CC(NCCc2ccccc2)CC3)cc1. The van der Waals surface area contributed by atoms with Gasteiger partial charge in [-0.2, -0.15) is 0 Å². The molecule has 0 bridgehead atoms. The fourth-order valence-corrected chi connectivity index (χ4v) is 3.78. The average Bonchev–Trinajstić information content (AvgIpc) is 3.05. The smallest absolute Gasteiger partial charge is 0.335 e. The van der Waals surface area contributed by atoms with Gasteiger partial charge in [-0.1, -0.05) is 30.3 Å². The van der Waals surface area contributed by atoms with Crippen molar-refractivity contribution in [1.29, 1.82) is 0 Å². The lowest BCUT2D eigenvalue weighted by molar-refractivity contribution is 0.0697. The van der Waals surface area contributed by atoms with Gasteiger partial charge in [0.1, 0.15) is 0 Å². The molecule has 144 valence electrons. The van der Waals surface area contributed by atoms with E-state index < -0.39 is 5.97 Å². The third-order valence-corrected chi connectivity index (χ3v) is 5.33. The van der Waals surface area contributed by atoms with Crippen LogP contribution < -0.4 is 10.9 Å². The van der Waals surface area contributed by atoms with Crippen molar-refractivity contribution in [2.45, 2.75) is 31.7 Å². The second kappa shape index (κ2) is 7.86. The first-order chi connectivity index (χ1) is 13.6. The first-order valence-corrected chi connectivity index (χ1v) is 9.55. The summed E-state index contributed by atoms with van der Waals surface area (Å²) in [5.74, 6) is -0.978. The Bertz CT molecular complexity index is 1020. The van der Waals surface area contributed by atoms with Crippen LogP contribution in [-0.4, -0.2) is 33.4 Å². The lowest BCUT2D eigenvalue weighted by Gasteiger charge is -2.22. The van der Waals surface area contributed by atoms with E-state index in [9.17, 15) is 9.59 Å². The summed E-state index contributed by atoms with van der Waals surface area (Å²) in [5.41, 5.74) is 3.92. The van der Waals surface area contributed by atoms with Crippen molar-refractivity contribution >= 4 is 5.97 Å². The molecule has 0 amide bonds. The van der Waals surface area contributed by atoms with Gasteiger partial charge in [0.15, 0.2) is 0 Å². The first kappa shape index (κ1) is 18.3. The fraction of sp³-hybridized carbons (Fsp3) is 0.273. The zero-order valence-electron chi connectivity index (χ0n) is 15.5. The van der Waals surface area contributed by atoms with Gasteiger partial charge in [0, 0.05) is 17.3 Å². The molecule has 6 heteroatoms. The molecule has 0 saturated heterocycles. The Hall–Kier alpha value is -3.12. The van der Waals surface area contributed by atoms with Gasteiger partial charge < -0.3 is 10.4 Å². The molecule has 1 aliphatic carbocycles. The largest absolute Gasteiger partial charge is 0.478 e. The quantitative estimate of drug-likeness (QED) is 0.616. The van der Waals surface area contributed by atoms with Crippen LogP contribution in [0, 0.1) is 0 Å². The highest BCUT2D eigenvalue weighted by atomic mass is 16.4. The predicted molar refractivity (Wildman–Crippen MR) is 107 cm³/mol. The first-order valence-electron chi connectivity index (χ1n) is 9.55. The number of nitrogens with zero attached hydrogens (tertiary/aromatic N) is 1. The lowest BCUT2D eigenvalue weighted by atomic mass is 9.93. The molecule has 2 aromatic carbocycles. The molecule has 6 nitrogen and oxygen atoms in total. The number of hydrogen-bond acceptors (Lipinski definition) is 3. The van der Waals surface area contributed by atoms with Crippen LogP contribution in [0.15, 0.2) is 59.4 Å². The van der Waals surface area contributed by atoms with Crippen LogP contribution >= 0.6 is 0 Å². The number of carboxylic acids is 1. The molecular weight excluding hydrogens is 354 g/mol. The summed E-state index contributed by atoms with van der Waals surface area (Å²) in [7, 11) is 0. The van der Waals surface area contributed by atoms with E-state index in [2.05, 4.69) is 22.5 Å². The summed E-state index contributed by atoms with van der Waals surface area (Å²) in [6.07, 6.45) is 3.49. The van der Waals surface area contributed by atoms with Crippen LogP contribution in [0.5, 0.6) is 0 Å². The van der Waals surface area contributed by atoms with Crippen LogP contribution in [0.1, 0.15) is 33.6 Å². The van der Waals surface area contributed by atoms with Crippen LogP contribution in [0.4, 0.5) is 0 Å². The number of aromatic nitrogens is 2. The van der Waals surface area contributed by atoms with Crippen molar-refractivity contribution in [2.75, 3.05) is 6.54 Å². The van der Waals surface area contributed by atoms with Gasteiger partial charge in [-0.15, -0.1) is 0 Å². The highest BCUT2D eigenvalue weighted by molar-refractivity contribution is 5.87. The molecule has 1 unspecified atom stereocenters. The van der Waals surface area contributed by atoms with E-state index in [0.717, 1.165) is 37.1 Å². The Morgan fingerprint density at radius 3 is 2.61 bits per heavy atom. The predicted octanol–water partition coefficient (Wildman–Crippen LogP) is 2.55. The van der Waals surface area contributed by atoms with E-state index in [4.69, 9.17) is 5.11 Å². The van der Waals surface area contributed by atoms with Crippen molar-refractivity contribution in [1.82, 2.24) is 15.1 Å². The van der Waals surface area contributed by atoms with Crippen molar-refractivity contribution in [3.05, 3.63) is 87.3 Å². The second-order valence-corrected chi connectivity index (χ2v) is 7.19. The number of carboxylic acid groups (broad SMARTS) is 1. The number of H-pyrrole nitrogens is 1. The molecule has 0 fully saturated rings. The van der Waals surface area contributed by atoms with Gasteiger partial charge in [0.2, 0.25) is 0 Å². The highest BCUT2D eigenvalue weighted by Gasteiger charge is 2.24. The van der Waals surface area contributed by atoms with E-state index in [1.807, 2.05) is 18.2 Å². The van der Waals surface area contributed by atoms with Crippen LogP contribution in [-0.2, 0) is 19.3 Å². The highest BCUT2D eigenvalue weighted by Crippen LogP contribution is 2.19. The average molecular weight is 377 g/mol. The van der Waals surface area contributed by atoms with Gasteiger partial charge in [-0.05, 0) is 62.1 Å². The summed E-state index contributed by atoms with van der Waals surface area (Å²) in [4.78, 5) is 23.9. The number of benzene rings is 2. The van der Waals surface area contributed by atoms with E-state index in [0.29, 0.717) is 18.2 Å². The molecule has 1 heterocycles. The van der Waals surface area contributed by atoms with Crippen molar-refractivity contribution in [3.63, 3.8) is 0 Å². The Morgan fingerprint density at radius 2 is 1.89 bits per heavy atom. The van der Waals surface area contributed by atoms with Crippen molar-refractivity contribution < 1.29 is 9.90 Å². The van der Waals surface area contributed by atoms with E-state index in [-0.39, 0.29) is 11.1 Å². The number of hydrogen-bond donors (Lipinski definition) is 3. The maximum Gasteiger partial charge on any atom is 0.335 e. The lowest BCUT2D eigenvalue weighted by Crippen LogP contribution is -2.37. The summed E-state index contributed by atoms with van der Waals surface area (Å²) in [5, 5.41) is 15.8. The van der Waals surface area contributed by atoms with Gasteiger partial charge in [-0.3, -0.25) is 9.89 Å². The van der Waals surface area contributed by atoms with Crippen molar-refractivity contribution in [3.8, 4) is 5.69 Å². The molecule has 3 N–H and O–H groups in total. The number of aromatic amines is 1. The minimum absolute atomic E-state index is 0.0485. The number of aryl methyl sites for hydroxylation is 1. The molecule has 1 aromatic heterocycles. The van der Waals surface area contributed by atoms with E-state index in [1.54, 1.807) is 12.1 Å². The van der Waals surface area contributed by atoms with E-state index >= 15 is 0 Å². The van der Waals surface area contributed by atoms with Crippen LogP contribution in [0.3, 0.4) is 0 Å². The third-order valence-electron chi connectivity index (χ3n) is 5.33. The van der Waals surface area contributed by atoms with Crippen LogP contribution in [0.25, 0.3) is 5.69 Å². The summed E-state index contributed by atoms with van der Waals surface area (Å²) in [6, 6.07) is 17.0. The molecule has 0 spiro atoms. The molecule has 1 aliphatic rings. The topological polar surface area (TPSA) is 87.1 Å². The minimum Gasteiger partial charge on any atom is -0.478 e. The molecule has 3 aromatic rings. The summed E-state index contributed by atoms with van der Waals surface area (Å²) >= 11 is 0. The van der Waals surface area contributed by atoms with Gasteiger partial charge >= 0.3 is 5.97 Å². The monoisotopic (exact) mass is 377 g/mol. The summed E-state index contributed by atoms with van der Waals surface area (Å²) in [6.45, 7) is 0.888. The van der Waals surface area contributed by atoms with Gasteiger partial charge in [0.05, 0.1) is 11.3 Å². The standard InChI is InChI=1S/C22H23N3O3/c26-21-19-14-17(23-13-12-15-4-2-1-3-5-15)8-11-20(19)24-25(21)18-9-6-16(7-10-18)22(27)28/h1-7,9-10,17,23-24H,8,11-14H2,(H,27,28). The Morgan fingerprint density at radius 1 is 1.14 bits per heavy atom. The zero-order valence-corrected chi connectivity index (χ0v) is 15.5. The Labute approximate surface area is 162 Å².